The van der Waals surface area contributed by atoms with Crippen molar-refractivity contribution in [2.45, 2.75) is 12.5 Å². The van der Waals surface area contributed by atoms with E-state index in [9.17, 15) is 9.18 Å². The summed E-state index contributed by atoms with van der Waals surface area (Å²) in [5.41, 5.74) is 0.639. The Morgan fingerprint density at radius 1 is 1.47 bits per heavy atom. The molecule has 17 heavy (non-hydrogen) atoms. The lowest BCUT2D eigenvalue weighted by Crippen LogP contribution is -2.39. The van der Waals surface area contributed by atoms with Crippen LogP contribution in [-0.2, 0) is 4.79 Å². The van der Waals surface area contributed by atoms with E-state index >= 15 is 0 Å². The van der Waals surface area contributed by atoms with E-state index in [1.807, 2.05) is 11.8 Å². The van der Waals surface area contributed by atoms with Gasteiger partial charge in [-0.25, -0.2) is 4.39 Å². The Morgan fingerprint density at radius 3 is 2.88 bits per heavy atom. The van der Waals surface area contributed by atoms with E-state index in [0.29, 0.717) is 12.1 Å². The Hall–Kier alpha value is -1.07. The first-order valence-electron chi connectivity index (χ1n) is 5.60. The third-order valence-corrected chi connectivity index (χ3v) is 3.69. The molecular formula is C12H15FN2OS. The van der Waals surface area contributed by atoms with Gasteiger partial charge in [0.05, 0.1) is 0 Å². The number of nitrogens with one attached hydrogen (secondary N) is 2. The van der Waals surface area contributed by atoms with Crippen LogP contribution in [0, 0.1) is 5.82 Å². The molecule has 0 aromatic heterocycles. The largest absolute Gasteiger partial charge is 0.326 e. The van der Waals surface area contributed by atoms with Crippen molar-refractivity contribution in [3.8, 4) is 0 Å². The van der Waals surface area contributed by atoms with Crippen LogP contribution in [0.5, 0.6) is 0 Å². The fraction of sp³-hybridized carbons (Fsp3) is 0.417. The normalized spacial score (nSPS) is 19.9. The smallest absolute Gasteiger partial charge is 0.225 e. The van der Waals surface area contributed by atoms with Crippen molar-refractivity contribution in [1.29, 1.82) is 0 Å². The van der Waals surface area contributed by atoms with Gasteiger partial charge >= 0.3 is 0 Å². The average molecular weight is 254 g/mol. The van der Waals surface area contributed by atoms with Crippen molar-refractivity contribution in [1.82, 2.24) is 5.32 Å². The second-order valence-corrected chi connectivity index (χ2v) is 5.13. The molecule has 2 N–H and O–H groups in total. The first-order chi connectivity index (χ1) is 8.24. The van der Waals surface area contributed by atoms with Gasteiger partial charge in [0, 0.05) is 36.2 Å². The topological polar surface area (TPSA) is 41.1 Å². The molecule has 1 saturated heterocycles. The van der Waals surface area contributed by atoms with Gasteiger partial charge in [0.1, 0.15) is 5.82 Å². The van der Waals surface area contributed by atoms with E-state index in [2.05, 4.69) is 10.6 Å². The number of halogens is 1. The van der Waals surface area contributed by atoms with Crippen LogP contribution in [-0.4, -0.2) is 30.0 Å². The van der Waals surface area contributed by atoms with Gasteiger partial charge in [0.25, 0.3) is 0 Å². The Bertz CT molecular complexity index is 377. The maximum Gasteiger partial charge on any atom is 0.225 e. The second-order valence-electron chi connectivity index (χ2n) is 3.99. The lowest BCUT2D eigenvalue weighted by molar-refractivity contribution is -0.116. The summed E-state index contributed by atoms with van der Waals surface area (Å²) < 4.78 is 12.7. The molecule has 1 aromatic carbocycles. The highest BCUT2D eigenvalue weighted by molar-refractivity contribution is 7.99. The van der Waals surface area contributed by atoms with Gasteiger partial charge in [0.2, 0.25) is 5.91 Å². The summed E-state index contributed by atoms with van der Waals surface area (Å²) in [4.78, 5) is 11.7. The van der Waals surface area contributed by atoms with Gasteiger partial charge in [-0.15, -0.1) is 0 Å². The molecule has 92 valence electrons. The summed E-state index contributed by atoms with van der Waals surface area (Å²) >= 11 is 1.86. The SMILES string of the molecule is O=C(CC1CSCCN1)Nc1ccc(F)cc1. The maximum atomic E-state index is 12.7. The van der Waals surface area contributed by atoms with Gasteiger partial charge in [-0.3, -0.25) is 4.79 Å². The van der Waals surface area contributed by atoms with Crippen LogP contribution in [0.1, 0.15) is 6.42 Å². The third kappa shape index (κ3) is 4.02. The van der Waals surface area contributed by atoms with E-state index < -0.39 is 0 Å². The standard InChI is InChI=1S/C12H15FN2OS/c13-9-1-3-10(4-2-9)15-12(16)7-11-8-17-6-5-14-11/h1-4,11,14H,5-8H2,(H,15,16). The van der Waals surface area contributed by atoms with Crippen LogP contribution in [0.15, 0.2) is 24.3 Å². The van der Waals surface area contributed by atoms with Crippen LogP contribution in [0.4, 0.5) is 10.1 Å². The van der Waals surface area contributed by atoms with Gasteiger partial charge < -0.3 is 10.6 Å². The summed E-state index contributed by atoms with van der Waals surface area (Å²) in [5.74, 6) is 1.75. The number of thioether (sulfide) groups is 1. The molecule has 5 heteroatoms. The Morgan fingerprint density at radius 2 is 2.24 bits per heavy atom. The van der Waals surface area contributed by atoms with E-state index in [1.54, 1.807) is 12.1 Å². The molecule has 1 amide bonds. The summed E-state index contributed by atoms with van der Waals surface area (Å²) in [6.07, 6.45) is 0.463. The molecule has 2 rings (SSSR count). The predicted octanol–water partition coefficient (Wildman–Crippen LogP) is 1.86. The quantitative estimate of drug-likeness (QED) is 0.865. The first kappa shape index (κ1) is 12.4. The molecule has 1 heterocycles. The Kier molecular flexibility index (Phi) is 4.39. The Balaban J connectivity index is 1.82. The molecule has 0 radical (unpaired) electrons. The van der Waals surface area contributed by atoms with Crippen LogP contribution >= 0.6 is 11.8 Å². The number of anilines is 1. The molecule has 1 aliphatic rings. The summed E-state index contributed by atoms with van der Waals surface area (Å²) in [7, 11) is 0. The van der Waals surface area contributed by atoms with E-state index in [0.717, 1.165) is 18.1 Å². The number of hydrogen-bond acceptors (Lipinski definition) is 3. The van der Waals surface area contributed by atoms with Gasteiger partial charge in [-0.05, 0) is 24.3 Å². The maximum absolute atomic E-state index is 12.7. The van der Waals surface area contributed by atoms with Crippen LogP contribution in [0.25, 0.3) is 0 Å². The number of benzene rings is 1. The zero-order valence-electron chi connectivity index (χ0n) is 9.41. The van der Waals surface area contributed by atoms with Gasteiger partial charge in [-0.2, -0.15) is 11.8 Å². The van der Waals surface area contributed by atoms with Gasteiger partial charge in [0.15, 0.2) is 0 Å². The average Bonchev–Trinajstić information content (AvgIpc) is 2.33. The molecule has 0 saturated carbocycles. The van der Waals surface area contributed by atoms with Gasteiger partial charge in [-0.1, -0.05) is 0 Å². The Labute approximate surface area is 104 Å². The molecule has 1 atom stereocenters. The molecule has 3 nitrogen and oxygen atoms in total. The van der Waals surface area contributed by atoms with E-state index in [1.165, 1.54) is 12.1 Å². The molecule has 0 bridgehead atoms. The van der Waals surface area contributed by atoms with Crippen molar-refractivity contribution >= 4 is 23.4 Å². The van der Waals surface area contributed by atoms with Crippen LogP contribution in [0.3, 0.4) is 0 Å². The minimum atomic E-state index is -0.298. The molecular weight excluding hydrogens is 239 g/mol. The van der Waals surface area contributed by atoms with Crippen molar-refractivity contribution in [2.24, 2.45) is 0 Å². The highest BCUT2D eigenvalue weighted by atomic mass is 32.2. The van der Waals surface area contributed by atoms with Crippen LogP contribution < -0.4 is 10.6 Å². The molecule has 1 fully saturated rings. The highest BCUT2D eigenvalue weighted by Gasteiger charge is 2.16. The zero-order valence-corrected chi connectivity index (χ0v) is 10.2. The summed E-state index contributed by atoms with van der Waals surface area (Å²) in [6, 6.07) is 6.05. The lowest BCUT2D eigenvalue weighted by Gasteiger charge is -2.22. The fourth-order valence-corrected chi connectivity index (χ4v) is 2.67. The minimum Gasteiger partial charge on any atom is -0.326 e. The third-order valence-electron chi connectivity index (χ3n) is 2.56. The van der Waals surface area contributed by atoms with Crippen molar-refractivity contribution < 1.29 is 9.18 Å². The number of carbonyl (C=O) groups excluding carboxylic acids is 1. The molecule has 1 unspecified atom stereocenters. The van der Waals surface area contributed by atoms with Crippen molar-refractivity contribution in [3.63, 3.8) is 0 Å². The number of carbonyl (C=O) groups is 1. The number of rotatable bonds is 3. The first-order valence-corrected chi connectivity index (χ1v) is 6.76. The lowest BCUT2D eigenvalue weighted by atomic mass is 10.2. The second kappa shape index (κ2) is 6.02. The highest BCUT2D eigenvalue weighted by Crippen LogP contribution is 2.12. The van der Waals surface area contributed by atoms with Crippen molar-refractivity contribution in [3.05, 3.63) is 30.1 Å². The molecule has 0 aliphatic carbocycles. The molecule has 1 aromatic rings. The fourth-order valence-electron chi connectivity index (χ4n) is 1.72. The number of hydrogen-bond donors (Lipinski definition) is 2. The minimum absolute atomic E-state index is 0.0309. The van der Waals surface area contributed by atoms with Crippen molar-refractivity contribution in [2.75, 3.05) is 23.4 Å². The molecule has 0 spiro atoms. The zero-order chi connectivity index (χ0) is 12.1. The summed E-state index contributed by atoms with van der Waals surface area (Å²) in [6.45, 7) is 0.958. The molecule has 1 aliphatic heterocycles. The number of amides is 1. The van der Waals surface area contributed by atoms with E-state index in [-0.39, 0.29) is 17.8 Å². The monoisotopic (exact) mass is 254 g/mol. The summed E-state index contributed by atoms with van der Waals surface area (Å²) in [5, 5.41) is 6.06. The predicted molar refractivity (Wildman–Crippen MR) is 68.8 cm³/mol. The van der Waals surface area contributed by atoms with Crippen LogP contribution in [0.2, 0.25) is 0 Å². The van der Waals surface area contributed by atoms with E-state index in [4.69, 9.17) is 0 Å².